The van der Waals surface area contributed by atoms with E-state index in [1.807, 2.05) is 6.92 Å². The highest BCUT2D eigenvalue weighted by molar-refractivity contribution is 6.32. The fraction of sp³-hybridized carbons (Fsp3) is 0.600. The molecule has 1 fully saturated rings. The van der Waals surface area contributed by atoms with Crippen molar-refractivity contribution in [3.63, 3.8) is 0 Å². The van der Waals surface area contributed by atoms with E-state index in [2.05, 4.69) is 10.6 Å². The minimum atomic E-state index is -0.581. The predicted molar refractivity (Wildman–Crippen MR) is 105 cm³/mol. The van der Waals surface area contributed by atoms with Crippen molar-refractivity contribution >= 4 is 23.6 Å². The van der Waals surface area contributed by atoms with Crippen molar-refractivity contribution in [2.45, 2.75) is 58.1 Å². The Morgan fingerprint density at radius 1 is 1.25 bits per heavy atom. The van der Waals surface area contributed by atoms with Crippen LogP contribution in [0.2, 0.25) is 5.02 Å². The zero-order valence-electron chi connectivity index (χ0n) is 16.7. The fourth-order valence-corrected chi connectivity index (χ4v) is 3.03. The Morgan fingerprint density at radius 2 is 1.93 bits per heavy atom. The van der Waals surface area contributed by atoms with Gasteiger partial charge in [-0.1, -0.05) is 11.6 Å². The van der Waals surface area contributed by atoms with Crippen molar-refractivity contribution in [2.75, 3.05) is 13.2 Å². The molecule has 8 heteroatoms. The van der Waals surface area contributed by atoms with E-state index in [1.165, 1.54) is 12.1 Å². The van der Waals surface area contributed by atoms with Crippen LogP contribution in [0.25, 0.3) is 0 Å². The van der Waals surface area contributed by atoms with Gasteiger partial charge in [0.2, 0.25) is 5.91 Å². The second kappa shape index (κ2) is 8.99. The Kier molecular flexibility index (Phi) is 7.15. The predicted octanol–water partition coefficient (Wildman–Crippen LogP) is 4.06. The first-order chi connectivity index (χ1) is 13.0. The van der Waals surface area contributed by atoms with Gasteiger partial charge in [-0.05, 0) is 64.7 Å². The molecule has 0 aliphatic heterocycles. The lowest BCUT2D eigenvalue weighted by Crippen LogP contribution is -2.55. The first kappa shape index (κ1) is 22.3. The summed E-state index contributed by atoms with van der Waals surface area (Å²) >= 11 is 5.90. The molecule has 0 spiro atoms. The van der Waals surface area contributed by atoms with E-state index < -0.39 is 23.1 Å². The molecule has 2 rings (SSSR count). The quantitative estimate of drug-likeness (QED) is 0.672. The highest BCUT2D eigenvalue weighted by atomic mass is 35.5. The Balaban J connectivity index is 1.82. The topological polar surface area (TPSA) is 76.7 Å². The molecule has 1 aliphatic carbocycles. The van der Waals surface area contributed by atoms with Gasteiger partial charge in [0.1, 0.15) is 17.2 Å². The largest absolute Gasteiger partial charge is 0.491 e. The van der Waals surface area contributed by atoms with E-state index in [4.69, 9.17) is 21.1 Å². The molecule has 0 radical (unpaired) electrons. The Morgan fingerprint density at radius 3 is 2.50 bits per heavy atom. The number of alkyl carbamates (subject to hydrolysis) is 1. The minimum Gasteiger partial charge on any atom is -0.491 e. The third kappa shape index (κ3) is 7.19. The number of hydrogen-bond acceptors (Lipinski definition) is 4. The number of rotatable bonds is 8. The van der Waals surface area contributed by atoms with Crippen molar-refractivity contribution in [1.82, 2.24) is 10.6 Å². The third-order valence-electron chi connectivity index (χ3n) is 4.38. The van der Waals surface area contributed by atoms with E-state index in [1.54, 1.807) is 20.8 Å². The van der Waals surface area contributed by atoms with Gasteiger partial charge in [-0.15, -0.1) is 0 Å². The van der Waals surface area contributed by atoms with Gasteiger partial charge in [0.25, 0.3) is 0 Å². The summed E-state index contributed by atoms with van der Waals surface area (Å²) in [6, 6.07) is 3.83. The molecule has 2 N–H and O–H groups in total. The van der Waals surface area contributed by atoms with Crippen LogP contribution in [0.1, 0.15) is 47.0 Å². The first-order valence-corrected chi connectivity index (χ1v) is 9.72. The van der Waals surface area contributed by atoms with Crippen LogP contribution in [0.4, 0.5) is 9.18 Å². The van der Waals surface area contributed by atoms with Gasteiger partial charge in [-0.3, -0.25) is 4.79 Å². The number of nitrogens with one attached hydrogen (secondary N) is 2. The van der Waals surface area contributed by atoms with E-state index in [9.17, 15) is 14.0 Å². The molecule has 1 atom stereocenters. The molecule has 1 saturated carbocycles. The van der Waals surface area contributed by atoms with Gasteiger partial charge >= 0.3 is 6.09 Å². The molecule has 0 bridgehead atoms. The second-order valence-electron chi connectivity index (χ2n) is 8.27. The summed E-state index contributed by atoms with van der Waals surface area (Å²) in [7, 11) is 0. The molecular weight excluding hydrogens is 387 g/mol. The van der Waals surface area contributed by atoms with Crippen molar-refractivity contribution in [1.29, 1.82) is 0 Å². The lowest BCUT2D eigenvalue weighted by atomic mass is 9.95. The highest BCUT2D eigenvalue weighted by Crippen LogP contribution is 2.39. The summed E-state index contributed by atoms with van der Waals surface area (Å²) in [6.07, 6.45) is 1.59. The summed E-state index contributed by atoms with van der Waals surface area (Å²) in [6.45, 7) is 7.68. The summed E-state index contributed by atoms with van der Waals surface area (Å²) in [5.41, 5.74) is -1.14. The summed E-state index contributed by atoms with van der Waals surface area (Å²) in [5.74, 6) is -0.0161. The van der Waals surface area contributed by atoms with Gasteiger partial charge in [-0.2, -0.15) is 0 Å². The monoisotopic (exact) mass is 414 g/mol. The van der Waals surface area contributed by atoms with E-state index in [0.717, 1.165) is 18.9 Å². The molecule has 1 aromatic rings. The maximum atomic E-state index is 13.0. The van der Waals surface area contributed by atoms with Crippen molar-refractivity contribution in [3.05, 3.63) is 29.0 Å². The molecule has 28 heavy (non-hydrogen) atoms. The summed E-state index contributed by atoms with van der Waals surface area (Å²) < 4.78 is 23.7. The average Bonchev–Trinajstić information content (AvgIpc) is 3.39. The van der Waals surface area contributed by atoms with Crippen LogP contribution in [0.5, 0.6) is 5.75 Å². The van der Waals surface area contributed by atoms with Crippen LogP contribution in [-0.4, -0.2) is 36.3 Å². The standard InChI is InChI=1S/C20H28ClFN2O4/c1-19(2,3)28-18(26)23-12-20(4,13-5-6-13)24-17(25)9-10-27-16-8-7-14(22)11-15(16)21/h7-8,11,13H,5-6,9-10,12H2,1-4H3,(H,23,26)(H,24,25). The normalized spacial score (nSPS) is 16.1. The Labute approximate surface area is 170 Å². The number of carbonyl (C=O) groups is 2. The van der Waals surface area contributed by atoms with Crippen molar-refractivity contribution < 1.29 is 23.5 Å². The number of amides is 2. The molecule has 6 nitrogen and oxygen atoms in total. The maximum absolute atomic E-state index is 13.0. The highest BCUT2D eigenvalue weighted by Gasteiger charge is 2.42. The van der Waals surface area contributed by atoms with E-state index >= 15 is 0 Å². The van der Waals surface area contributed by atoms with Gasteiger partial charge < -0.3 is 20.1 Å². The molecule has 1 aliphatic rings. The first-order valence-electron chi connectivity index (χ1n) is 9.34. The SMILES string of the molecule is CC(C)(C)OC(=O)NCC(C)(NC(=O)CCOc1ccc(F)cc1Cl)C1CC1. The van der Waals surface area contributed by atoms with Crippen molar-refractivity contribution in [3.8, 4) is 5.75 Å². The number of halogens is 2. The van der Waals surface area contributed by atoms with Crippen LogP contribution in [0.3, 0.4) is 0 Å². The molecule has 1 unspecified atom stereocenters. The fourth-order valence-electron chi connectivity index (χ4n) is 2.81. The number of ether oxygens (including phenoxy) is 2. The molecule has 1 aromatic carbocycles. The zero-order chi connectivity index (χ0) is 20.9. The summed E-state index contributed by atoms with van der Waals surface area (Å²) in [5, 5.41) is 5.90. The maximum Gasteiger partial charge on any atom is 0.407 e. The van der Waals surface area contributed by atoms with Gasteiger partial charge in [0, 0.05) is 6.54 Å². The molecular formula is C20H28ClFN2O4. The van der Waals surface area contributed by atoms with E-state index in [0.29, 0.717) is 11.7 Å². The molecule has 0 heterocycles. The van der Waals surface area contributed by atoms with Gasteiger partial charge in [-0.25, -0.2) is 9.18 Å². The molecule has 0 aromatic heterocycles. The summed E-state index contributed by atoms with van der Waals surface area (Å²) in [4.78, 5) is 24.3. The van der Waals surface area contributed by atoms with Gasteiger partial charge in [0.15, 0.2) is 0 Å². The zero-order valence-corrected chi connectivity index (χ0v) is 17.5. The lowest BCUT2D eigenvalue weighted by molar-refractivity contribution is -0.123. The van der Waals surface area contributed by atoms with E-state index in [-0.39, 0.29) is 30.5 Å². The van der Waals surface area contributed by atoms with Crippen LogP contribution in [0, 0.1) is 11.7 Å². The number of benzene rings is 1. The third-order valence-corrected chi connectivity index (χ3v) is 4.68. The Bertz CT molecular complexity index is 719. The van der Waals surface area contributed by atoms with Crippen molar-refractivity contribution in [2.24, 2.45) is 5.92 Å². The molecule has 156 valence electrons. The van der Waals surface area contributed by atoms with Gasteiger partial charge in [0.05, 0.1) is 23.6 Å². The molecule has 0 saturated heterocycles. The number of carbonyl (C=O) groups excluding carboxylic acids is 2. The average molecular weight is 415 g/mol. The second-order valence-corrected chi connectivity index (χ2v) is 8.68. The lowest BCUT2D eigenvalue weighted by Gasteiger charge is -2.32. The van der Waals surface area contributed by atoms with Crippen LogP contribution < -0.4 is 15.4 Å². The van der Waals surface area contributed by atoms with Crippen LogP contribution >= 0.6 is 11.6 Å². The molecule has 2 amide bonds. The minimum absolute atomic E-state index is 0.109. The number of hydrogen-bond donors (Lipinski definition) is 2. The van der Waals surface area contributed by atoms with Crippen LogP contribution in [0.15, 0.2) is 18.2 Å². The Hall–Kier alpha value is -2.02. The van der Waals surface area contributed by atoms with Crippen LogP contribution in [-0.2, 0) is 9.53 Å². The smallest absolute Gasteiger partial charge is 0.407 e.